The standard InChI is InChI=1S/C19H14F4N4O/c20-15-4-2-1-3-12(15)10-24-17-9-16(25-11-26-17)18(28)27-14-7-5-13(6-8-14)19(21,22)23/h1-9,11H,10H2,(H,27,28)(H,24,25,26). The Kier molecular flexibility index (Phi) is 5.53. The topological polar surface area (TPSA) is 66.9 Å². The van der Waals surface area contributed by atoms with Crippen LogP contribution in [0, 0.1) is 5.82 Å². The van der Waals surface area contributed by atoms with Crippen LogP contribution in [0.4, 0.5) is 29.1 Å². The van der Waals surface area contributed by atoms with Gasteiger partial charge in [0.05, 0.1) is 5.56 Å². The normalized spacial score (nSPS) is 11.1. The fraction of sp³-hybridized carbons (Fsp3) is 0.105. The maximum Gasteiger partial charge on any atom is 0.416 e. The van der Waals surface area contributed by atoms with Crippen molar-refractivity contribution in [3.8, 4) is 0 Å². The van der Waals surface area contributed by atoms with Gasteiger partial charge >= 0.3 is 6.18 Å². The first-order chi connectivity index (χ1) is 13.3. The van der Waals surface area contributed by atoms with Crippen molar-refractivity contribution in [3.63, 3.8) is 0 Å². The van der Waals surface area contributed by atoms with Gasteiger partial charge in [0.15, 0.2) is 0 Å². The molecule has 0 atom stereocenters. The van der Waals surface area contributed by atoms with E-state index in [-0.39, 0.29) is 23.7 Å². The number of aromatic nitrogens is 2. The van der Waals surface area contributed by atoms with Crippen LogP contribution in [0.3, 0.4) is 0 Å². The molecule has 1 aromatic heterocycles. The number of carbonyl (C=O) groups is 1. The fourth-order valence-corrected chi connectivity index (χ4v) is 2.34. The molecule has 0 aliphatic heterocycles. The number of halogens is 4. The second-order valence-electron chi connectivity index (χ2n) is 5.76. The Hall–Kier alpha value is -3.49. The Bertz CT molecular complexity index is 974. The van der Waals surface area contributed by atoms with E-state index >= 15 is 0 Å². The quantitative estimate of drug-likeness (QED) is 0.630. The second-order valence-corrected chi connectivity index (χ2v) is 5.76. The van der Waals surface area contributed by atoms with Gasteiger partial charge in [0.2, 0.25) is 0 Å². The number of nitrogens with one attached hydrogen (secondary N) is 2. The number of nitrogens with zero attached hydrogens (tertiary/aromatic N) is 2. The summed E-state index contributed by atoms with van der Waals surface area (Å²) in [6.07, 6.45) is -3.29. The van der Waals surface area contributed by atoms with Gasteiger partial charge in [0, 0.05) is 23.9 Å². The third-order valence-electron chi connectivity index (χ3n) is 3.79. The predicted octanol–water partition coefficient (Wildman–Crippen LogP) is 4.50. The van der Waals surface area contributed by atoms with Crippen LogP contribution in [0.5, 0.6) is 0 Å². The largest absolute Gasteiger partial charge is 0.416 e. The van der Waals surface area contributed by atoms with Crippen LogP contribution in [0.1, 0.15) is 21.6 Å². The highest BCUT2D eigenvalue weighted by atomic mass is 19.4. The minimum atomic E-state index is -4.45. The molecule has 2 aromatic carbocycles. The molecule has 0 saturated heterocycles. The van der Waals surface area contributed by atoms with E-state index in [9.17, 15) is 22.4 Å². The van der Waals surface area contributed by atoms with Crippen LogP contribution in [0.15, 0.2) is 60.9 Å². The molecule has 0 unspecified atom stereocenters. The zero-order chi connectivity index (χ0) is 20.1. The Morgan fingerprint density at radius 3 is 2.39 bits per heavy atom. The lowest BCUT2D eigenvalue weighted by Gasteiger charge is -2.10. The molecule has 0 fully saturated rings. The molecule has 3 aromatic rings. The van der Waals surface area contributed by atoms with Gasteiger partial charge in [-0.25, -0.2) is 14.4 Å². The van der Waals surface area contributed by atoms with Gasteiger partial charge in [-0.3, -0.25) is 4.79 Å². The van der Waals surface area contributed by atoms with Crippen molar-refractivity contribution in [3.05, 3.63) is 83.6 Å². The Morgan fingerprint density at radius 2 is 1.71 bits per heavy atom. The maximum atomic E-state index is 13.6. The summed E-state index contributed by atoms with van der Waals surface area (Å²) in [7, 11) is 0. The molecule has 0 radical (unpaired) electrons. The zero-order valence-corrected chi connectivity index (χ0v) is 14.3. The number of alkyl halides is 3. The van der Waals surface area contributed by atoms with Crippen LogP contribution < -0.4 is 10.6 Å². The molecule has 0 aliphatic carbocycles. The van der Waals surface area contributed by atoms with Crippen LogP contribution in [-0.2, 0) is 12.7 Å². The third kappa shape index (κ3) is 4.81. The van der Waals surface area contributed by atoms with Gasteiger partial charge in [-0.05, 0) is 30.3 Å². The van der Waals surface area contributed by atoms with Crippen molar-refractivity contribution in [1.29, 1.82) is 0 Å². The minimum absolute atomic E-state index is 0.00549. The van der Waals surface area contributed by atoms with Gasteiger partial charge in [0.1, 0.15) is 23.7 Å². The Labute approximate surface area is 157 Å². The molecule has 1 amide bonds. The van der Waals surface area contributed by atoms with E-state index < -0.39 is 17.6 Å². The van der Waals surface area contributed by atoms with E-state index in [2.05, 4.69) is 20.6 Å². The number of hydrogen-bond acceptors (Lipinski definition) is 4. The SMILES string of the molecule is O=C(Nc1ccc(C(F)(F)F)cc1)c1cc(NCc2ccccc2F)ncn1. The van der Waals surface area contributed by atoms with E-state index in [0.717, 1.165) is 30.6 Å². The summed E-state index contributed by atoms with van der Waals surface area (Å²) in [6, 6.07) is 11.6. The van der Waals surface area contributed by atoms with Crippen LogP contribution >= 0.6 is 0 Å². The molecule has 1 heterocycles. The lowest BCUT2D eigenvalue weighted by molar-refractivity contribution is -0.137. The molecule has 5 nitrogen and oxygen atoms in total. The van der Waals surface area contributed by atoms with Gasteiger partial charge < -0.3 is 10.6 Å². The smallest absolute Gasteiger partial charge is 0.366 e. The molecule has 28 heavy (non-hydrogen) atoms. The van der Waals surface area contributed by atoms with Crippen LogP contribution in [0.2, 0.25) is 0 Å². The summed E-state index contributed by atoms with van der Waals surface area (Å²) in [6.45, 7) is 0.156. The highest BCUT2D eigenvalue weighted by Gasteiger charge is 2.30. The summed E-state index contributed by atoms with van der Waals surface area (Å²) in [5.74, 6) is -0.684. The molecular weight excluding hydrogens is 376 g/mol. The molecule has 0 aliphatic rings. The number of rotatable bonds is 5. The van der Waals surface area contributed by atoms with Gasteiger partial charge in [0.25, 0.3) is 5.91 Å². The average molecular weight is 390 g/mol. The first-order valence-corrected chi connectivity index (χ1v) is 8.11. The first-order valence-electron chi connectivity index (χ1n) is 8.11. The summed E-state index contributed by atoms with van der Waals surface area (Å²) >= 11 is 0. The summed E-state index contributed by atoms with van der Waals surface area (Å²) in [5.41, 5.74) is -0.188. The molecule has 0 bridgehead atoms. The van der Waals surface area contributed by atoms with E-state index in [0.29, 0.717) is 11.4 Å². The average Bonchev–Trinajstić information content (AvgIpc) is 2.67. The number of carbonyl (C=O) groups excluding carboxylic acids is 1. The van der Waals surface area contributed by atoms with Crippen molar-refractivity contribution in [2.75, 3.05) is 10.6 Å². The summed E-state index contributed by atoms with van der Waals surface area (Å²) < 4.78 is 51.4. The number of amides is 1. The fourth-order valence-electron chi connectivity index (χ4n) is 2.34. The van der Waals surface area contributed by atoms with E-state index in [1.165, 1.54) is 12.1 Å². The number of anilines is 2. The molecule has 0 spiro atoms. The lowest BCUT2D eigenvalue weighted by atomic mass is 10.2. The van der Waals surface area contributed by atoms with Gasteiger partial charge in [-0.1, -0.05) is 18.2 Å². The summed E-state index contributed by atoms with van der Waals surface area (Å²) in [5, 5.41) is 5.35. The maximum absolute atomic E-state index is 13.6. The number of hydrogen-bond donors (Lipinski definition) is 2. The van der Waals surface area contributed by atoms with E-state index in [1.54, 1.807) is 18.2 Å². The molecular formula is C19H14F4N4O. The molecule has 3 rings (SSSR count). The molecule has 2 N–H and O–H groups in total. The molecule has 0 saturated carbocycles. The van der Waals surface area contributed by atoms with E-state index in [4.69, 9.17) is 0 Å². The lowest BCUT2D eigenvalue weighted by Crippen LogP contribution is -2.15. The van der Waals surface area contributed by atoms with Crippen molar-refractivity contribution in [2.45, 2.75) is 12.7 Å². The van der Waals surface area contributed by atoms with E-state index in [1.807, 2.05) is 0 Å². The van der Waals surface area contributed by atoms with Crippen molar-refractivity contribution in [2.24, 2.45) is 0 Å². The molecule has 9 heteroatoms. The van der Waals surface area contributed by atoms with Crippen LogP contribution in [-0.4, -0.2) is 15.9 Å². The number of benzene rings is 2. The Morgan fingerprint density at radius 1 is 1.00 bits per heavy atom. The van der Waals surface area contributed by atoms with Gasteiger partial charge in [-0.15, -0.1) is 0 Å². The van der Waals surface area contributed by atoms with Gasteiger partial charge in [-0.2, -0.15) is 13.2 Å². The highest BCUT2D eigenvalue weighted by molar-refractivity contribution is 6.03. The Balaban J connectivity index is 1.66. The second kappa shape index (κ2) is 8.03. The van der Waals surface area contributed by atoms with Crippen molar-refractivity contribution in [1.82, 2.24) is 9.97 Å². The van der Waals surface area contributed by atoms with Crippen molar-refractivity contribution < 1.29 is 22.4 Å². The highest BCUT2D eigenvalue weighted by Crippen LogP contribution is 2.29. The first kappa shape index (κ1) is 19.3. The summed E-state index contributed by atoms with van der Waals surface area (Å²) in [4.78, 5) is 20.1. The van der Waals surface area contributed by atoms with Crippen LogP contribution in [0.25, 0.3) is 0 Å². The minimum Gasteiger partial charge on any atom is -0.366 e. The van der Waals surface area contributed by atoms with Crippen molar-refractivity contribution >= 4 is 17.4 Å². The predicted molar refractivity (Wildman–Crippen MR) is 95.2 cm³/mol. The zero-order valence-electron chi connectivity index (χ0n) is 14.3. The monoisotopic (exact) mass is 390 g/mol. The molecule has 144 valence electrons. The third-order valence-corrected chi connectivity index (χ3v) is 3.79.